The first-order valence-electron chi connectivity index (χ1n) is 9.44. The third kappa shape index (κ3) is 4.56. The van der Waals surface area contributed by atoms with Gasteiger partial charge in [-0.2, -0.15) is 0 Å². The van der Waals surface area contributed by atoms with Gasteiger partial charge >= 0.3 is 5.97 Å². The average molecular weight is 396 g/mol. The van der Waals surface area contributed by atoms with Crippen LogP contribution in [0.5, 0.6) is 5.75 Å². The lowest BCUT2D eigenvalue weighted by atomic mass is 10.0. The van der Waals surface area contributed by atoms with E-state index in [-0.39, 0.29) is 25.0 Å². The van der Waals surface area contributed by atoms with Crippen molar-refractivity contribution in [2.24, 2.45) is 0 Å². The van der Waals surface area contributed by atoms with Crippen LogP contribution in [0.15, 0.2) is 48.5 Å². The van der Waals surface area contributed by atoms with Crippen LogP contribution in [-0.4, -0.2) is 36.5 Å². The number of benzene rings is 2. The highest BCUT2D eigenvalue weighted by Crippen LogP contribution is 2.38. The fraction of sp³-hybridized carbons (Fsp3) is 0.318. The summed E-state index contributed by atoms with van der Waals surface area (Å²) in [4.78, 5) is 38.8. The van der Waals surface area contributed by atoms with Crippen LogP contribution in [0.4, 0.5) is 5.69 Å². The molecule has 152 valence electrons. The maximum atomic E-state index is 12.8. The number of rotatable bonds is 6. The van der Waals surface area contributed by atoms with Crippen molar-refractivity contribution in [3.05, 3.63) is 59.7 Å². The van der Waals surface area contributed by atoms with Gasteiger partial charge in [0.15, 0.2) is 5.60 Å². The van der Waals surface area contributed by atoms with Crippen LogP contribution in [0, 0.1) is 0 Å². The quantitative estimate of drug-likeness (QED) is 0.759. The number of nitrogens with one attached hydrogen (secondary N) is 1. The van der Waals surface area contributed by atoms with Crippen LogP contribution >= 0.6 is 0 Å². The second-order valence-electron chi connectivity index (χ2n) is 7.16. The third-order valence-corrected chi connectivity index (χ3v) is 4.53. The van der Waals surface area contributed by atoms with Gasteiger partial charge < -0.3 is 14.8 Å². The molecule has 0 saturated carbocycles. The minimum Gasteiger partial charge on any atom is -0.476 e. The van der Waals surface area contributed by atoms with E-state index in [1.807, 2.05) is 30.3 Å². The molecule has 0 bridgehead atoms. The second-order valence-corrected chi connectivity index (χ2v) is 7.16. The highest BCUT2D eigenvalue weighted by atomic mass is 16.5. The summed E-state index contributed by atoms with van der Waals surface area (Å²) in [6.45, 7) is 5.32. The summed E-state index contributed by atoms with van der Waals surface area (Å²) < 4.78 is 10.8. The van der Waals surface area contributed by atoms with Gasteiger partial charge in [0.1, 0.15) is 12.3 Å². The topological polar surface area (TPSA) is 84.9 Å². The average Bonchev–Trinajstić information content (AvgIpc) is 2.70. The van der Waals surface area contributed by atoms with Gasteiger partial charge in [-0.25, -0.2) is 0 Å². The smallest absolute Gasteiger partial charge is 0.326 e. The number of esters is 1. The molecule has 3 rings (SSSR count). The first kappa shape index (κ1) is 20.4. The number of carbonyl (C=O) groups is 3. The molecule has 1 aliphatic heterocycles. The van der Waals surface area contributed by atoms with E-state index in [0.717, 1.165) is 5.56 Å². The molecule has 29 heavy (non-hydrogen) atoms. The molecule has 2 aromatic carbocycles. The van der Waals surface area contributed by atoms with E-state index in [0.29, 0.717) is 23.5 Å². The van der Waals surface area contributed by atoms with E-state index >= 15 is 0 Å². The van der Waals surface area contributed by atoms with Crippen LogP contribution in [0.1, 0.15) is 36.7 Å². The van der Waals surface area contributed by atoms with Gasteiger partial charge in [0.05, 0.1) is 12.3 Å². The summed E-state index contributed by atoms with van der Waals surface area (Å²) in [7, 11) is 0. The van der Waals surface area contributed by atoms with Crippen LogP contribution < -0.4 is 15.0 Å². The zero-order chi connectivity index (χ0) is 21.0. The van der Waals surface area contributed by atoms with Crippen LogP contribution in [-0.2, 0) is 20.9 Å². The van der Waals surface area contributed by atoms with Gasteiger partial charge in [-0.05, 0) is 44.5 Å². The fourth-order valence-electron chi connectivity index (χ4n) is 3.08. The molecular formula is C22H24N2O5. The zero-order valence-corrected chi connectivity index (χ0v) is 16.7. The number of anilines is 1. The van der Waals surface area contributed by atoms with E-state index in [9.17, 15) is 14.4 Å². The number of nitrogens with zero attached hydrogens (tertiary/aromatic N) is 1. The molecule has 0 atom stereocenters. The second kappa shape index (κ2) is 8.34. The number of amides is 2. The molecule has 2 amide bonds. The fourth-order valence-corrected chi connectivity index (χ4v) is 3.08. The van der Waals surface area contributed by atoms with Crippen LogP contribution in [0.2, 0.25) is 0 Å². The molecule has 1 N–H and O–H groups in total. The van der Waals surface area contributed by atoms with Gasteiger partial charge in [0.2, 0.25) is 0 Å². The van der Waals surface area contributed by atoms with Gasteiger partial charge in [-0.3, -0.25) is 19.3 Å². The number of ether oxygens (including phenoxy) is 2. The Hall–Kier alpha value is -3.35. The number of hydrogen-bond donors (Lipinski definition) is 1. The predicted octanol–water partition coefficient (Wildman–Crippen LogP) is 2.68. The summed E-state index contributed by atoms with van der Waals surface area (Å²) in [5.41, 5.74) is 0.582. The molecule has 0 aliphatic carbocycles. The Morgan fingerprint density at radius 3 is 2.55 bits per heavy atom. The molecule has 1 heterocycles. The zero-order valence-electron chi connectivity index (χ0n) is 16.7. The van der Waals surface area contributed by atoms with Crippen molar-refractivity contribution >= 4 is 23.5 Å². The SMILES string of the molecule is CCOC(=O)CN1C(=O)C(C)(C)Oc2ccc(C(=O)NCc3ccccc3)cc21. The minimum absolute atomic E-state index is 0.218. The Morgan fingerprint density at radius 2 is 1.86 bits per heavy atom. The lowest BCUT2D eigenvalue weighted by Gasteiger charge is -2.38. The van der Waals surface area contributed by atoms with Crippen molar-refractivity contribution in [2.45, 2.75) is 32.9 Å². The van der Waals surface area contributed by atoms with Crippen molar-refractivity contribution in [1.29, 1.82) is 0 Å². The third-order valence-electron chi connectivity index (χ3n) is 4.53. The summed E-state index contributed by atoms with van der Waals surface area (Å²) in [6, 6.07) is 14.4. The molecule has 1 aliphatic rings. The molecule has 0 saturated heterocycles. The first-order chi connectivity index (χ1) is 13.8. The highest BCUT2D eigenvalue weighted by Gasteiger charge is 2.42. The molecule has 0 aromatic heterocycles. The molecule has 0 radical (unpaired) electrons. The van der Waals surface area contributed by atoms with Gasteiger partial charge in [-0.1, -0.05) is 30.3 Å². The Bertz CT molecular complexity index is 924. The highest BCUT2D eigenvalue weighted by molar-refractivity contribution is 6.06. The van der Waals surface area contributed by atoms with E-state index in [2.05, 4.69) is 5.32 Å². The van der Waals surface area contributed by atoms with E-state index in [1.54, 1.807) is 39.0 Å². The number of hydrogen-bond acceptors (Lipinski definition) is 5. The van der Waals surface area contributed by atoms with Gasteiger partial charge in [0, 0.05) is 12.1 Å². The van der Waals surface area contributed by atoms with E-state index in [4.69, 9.17) is 9.47 Å². The van der Waals surface area contributed by atoms with E-state index in [1.165, 1.54) is 4.90 Å². The molecule has 7 heteroatoms. The standard InChI is InChI=1S/C22H24N2O5/c1-4-28-19(25)14-24-17-12-16(10-11-18(17)29-22(2,3)21(24)27)20(26)23-13-15-8-6-5-7-9-15/h5-12H,4,13-14H2,1-3H3,(H,23,26). The molecule has 0 fully saturated rings. The van der Waals surface area contributed by atoms with Crippen molar-refractivity contribution in [2.75, 3.05) is 18.1 Å². The Kier molecular flexibility index (Phi) is 5.87. The van der Waals surface area contributed by atoms with Crippen LogP contribution in [0.25, 0.3) is 0 Å². The largest absolute Gasteiger partial charge is 0.476 e. The van der Waals surface area contributed by atoms with Crippen molar-refractivity contribution in [3.8, 4) is 5.75 Å². The van der Waals surface area contributed by atoms with E-state index < -0.39 is 11.6 Å². The Labute approximate surface area is 169 Å². The number of fused-ring (bicyclic) bond motifs is 1. The first-order valence-corrected chi connectivity index (χ1v) is 9.44. The predicted molar refractivity (Wildman–Crippen MR) is 108 cm³/mol. The summed E-state index contributed by atoms with van der Waals surface area (Å²) in [5.74, 6) is -0.758. The van der Waals surface area contributed by atoms with Gasteiger partial charge in [0.25, 0.3) is 11.8 Å². The monoisotopic (exact) mass is 396 g/mol. The lowest BCUT2D eigenvalue weighted by Crippen LogP contribution is -2.54. The minimum atomic E-state index is -1.13. The Morgan fingerprint density at radius 1 is 1.14 bits per heavy atom. The molecule has 0 spiro atoms. The Balaban J connectivity index is 1.84. The van der Waals surface area contributed by atoms with Crippen molar-refractivity contribution in [3.63, 3.8) is 0 Å². The number of carbonyl (C=O) groups excluding carboxylic acids is 3. The molecular weight excluding hydrogens is 372 g/mol. The summed E-state index contributed by atoms with van der Waals surface area (Å²) >= 11 is 0. The maximum absolute atomic E-state index is 12.8. The maximum Gasteiger partial charge on any atom is 0.326 e. The van der Waals surface area contributed by atoms with Crippen molar-refractivity contribution < 1.29 is 23.9 Å². The normalized spacial score (nSPS) is 14.6. The van der Waals surface area contributed by atoms with Crippen molar-refractivity contribution in [1.82, 2.24) is 5.32 Å². The molecule has 2 aromatic rings. The summed E-state index contributed by atoms with van der Waals surface area (Å²) in [5, 5.41) is 2.85. The van der Waals surface area contributed by atoms with Crippen LogP contribution in [0.3, 0.4) is 0 Å². The van der Waals surface area contributed by atoms with Gasteiger partial charge in [-0.15, -0.1) is 0 Å². The lowest BCUT2D eigenvalue weighted by molar-refractivity contribution is -0.144. The molecule has 7 nitrogen and oxygen atoms in total. The summed E-state index contributed by atoms with van der Waals surface area (Å²) in [6.07, 6.45) is 0. The molecule has 0 unspecified atom stereocenters.